The Kier molecular flexibility index (Phi) is 4.80. The normalized spacial score (nSPS) is 13.0. The largest absolute Gasteiger partial charge is 0.452 e. The van der Waals surface area contributed by atoms with Gasteiger partial charge in [-0.3, -0.25) is 14.5 Å². The Bertz CT molecular complexity index is 871. The zero-order chi connectivity index (χ0) is 18.0. The van der Waals surface area contributed by atoms with Crippen LogP contribution in [0.15, 0.2) is 46.9 Å². The molecule has 0 fully saturated rings. The molecule has 2 aromatic carbocycles. The smallest absolute Gasteiger partial charge is 0.341 e. The second-order valence-electron chi connectivity index (χ2n) is 5.25. The third-order valence-electron chi connectivity index (χ3n) is 3.55. The van der Waals surface area contributed by atoms with Crippen molar-refractivity contribution in [3.05, 3.63) is 58.3 Å². The van der Waals surface area contributed by atoms with Gasteiger partial charge in [0.25, 0.3) is 5.91 Å². The molecule has 0 aliphatic carbocycles. The highest BCUT2D eigenvalue weighted by Gasteiger charge is 2.27. The molecular weight excluding hydrogens is 395 g/mol. The van der Waals surface area contributed by atoms with Crippen molar-refractivity contribution in [1.82, 2.24) is 0 Å². The maximum atomic E-state index is 13.7. The Balaban J connectivity index is 1.71. The molecule has 2 aromatic rings. The number of esters is 1. The number of nitrogens with zero attached hydrogens (tertiary/aromatic N) is 1. The summed E-state index contributed by atoms with van der Waals surface area (Å²) in [6, 6.07) is 10.7. The van der Waals surface area contributed by atoms with Crippen LogP contribution < -0.4 is 10.2 Å². The van der Waals surface area contributed by atoms with Crippen LogP contribution in [0.3, 0.4) is 0 Å². The number of fused-ring (bicyclic) bond motifs is 1. The first-order valence-corrected chi connectivity index (χ1v) is 8.06. The number of para-hydroxylation sites is 2. The topological polar surface area (TPSA) is 75.7 Å². The van der Waals surface area contributed by atoms with Crippen molar-refractivity contribution in [3.63, 3.8) is 0 Å². The van der Waals surface area contributed by atoms with Crippen molar-refractivity contribution < 1.29 is 23.5 Å². The first-order valence-electron chi connectivity index (χ1n) is 7.27. The molecule has 2 amide bonds. The van der Waals surface area contributed by atoms with Gasteiger partial charge in [0, 0.05) is 4.47 Å². The maximum absolute atomic E-state index is 13.7. The number of rotatable bonds is 3. The third kappa shape index (κ3) is 3.69. The molecule has 0 bridgehead atoms. The van der Waals surface area contributed by atoms with Crippen molar-refractivity contribution in [2.45, 2.75) is 0 Å². The van der Waals surface area contributed by atoms with E-state index in [9.17, 15) is 18.8 Å². The minimum Gasteiger partial charge on any atom is -0.452 e. The molecule has 0 spiro atoms. The number of benzene rings is 2. The fourth-order valence-corrected chi connectivity index (χ4v) is 2.73. The fraction of sp³-hybridized carbons (Fsp3) is 0.118. The third-order valence-corrected chi connectivity index (χ3v) is 4.04. The summed E-state index contributed by atoms with van der Waals surface area (Å²) in [5.41, 5.74) is 0.739. The Hall–Kier alpha value is -2.74. The van der Waals surface area contributed by atoms with E-state index in [2.05, 4.69) is 21.2 Å². The van der Waals surface area contributed by atoms with Gasteiger partial charge in [0.15, 0.2) is 6.61 Å². The number of hydrogen-bond acceptors (Lipinski definition) is 4. The average molecular weight is 407 g/mol. The minimum absolute atomic E-state index is 0.181. The molecule has 1 heterocycles. The van der Waals surface area contributed by atoms with Crippen molar-refractivity contribution >= 4 is 45.1 Å². The second kappa shape index (κ2) is 7.02. The predicted molar refractivity (Wildman–Crippen MR) is 91.8 cm³/mol. The Morgan fingerprint density at radius 1 is 1.24 bits per heavy atom. The van der Waals surface area contributed by atoms with Crippen LogP contribution in [0.5, 0.6) is 0 Å². The number of amides is 2. The van der Waals surface area contributed by atoms with E-state index < -0.39 is 24.3 Å². The van der Waals surface area contributed by atoms with Crippen molar-refractivity contribution in [1.29, 1.82) is 0 Å². The first kappa shape index (κ1) is 17.1. The number of carbonyl (C=O) groups is 3. The van der Waals surface area contributed by atoms with E-state index in [4.69, 9.17) is 4.74 Å². The number of anilines is 2. The zero-order valence-electron chi connectivity index (χ0n) is 12.8. The lowest BCUT2D eigenvalue weighted by Gasteiger charge is -2.28. The summed E-state index contributed by atoms with van der Waals surface area (Å²) in [5, 5.41) is 2.65. The summed E-state index contributed by atoms with van der Waals surface area (Å²) >= 11 is 3.09. The summed E-state index contributed by atoms with van der Waals surface area (Å²) in [6.07, 6.45) is 0. The highest BCUT2D eigenvalue weighted by atomic mass is 79.9. The van der Waals surface area contributed by atoms with Crippen LogP contribution >= 0.6 is 15.9 Å². The molecule has 0 unspecified atom stereocenters. The lowest BCUT2D eigenvalue weighted by Crippen LogP contribution is -2.44. The molecule has 0 radical (unpaired) electrons. The number of halogens is 2. The monoisotopic (exact) mass is 406 g/mol. The second-order valence-corrected chi connectivity index (χ2v) is 6.16. The first-order chi connectivity index (χ1) is 12.0. The molecular formula is C17H12BrFN2O4. The van der Waals surface area contributed by atoms with E-state index >= 15 is 0 Å². The lowest BCUT2D eigenvalue weighted by atomic mass is 10.2. The molecule has 1 aliphatic rings. The van der Waals surface area contributed by atoms with Crippen LogP contribution in [0.1, 0.15) is 10.4 Å². The summed E-state index contributed by atoms with van der Waals surface area (Å²) in [4.78, 5) is 37.2. The van der Waals surface area contributed by atoms with Gasteiger partial charge in [-0.2, -0.15) is 0 Å². The minimum atomic E-state index is -0.951. The van der Waals surface area contributed by atoms with E-state index in [-0.39, 0.29) is 18.0 Å². The standard InChI is InChI=1S/C17H12BrFN2O4/c18-10-5-6-11(12(19)7-10)17(24)25-9-16(23)21-8-15(22)20-13-3-1-2-4-14(13)21/h1-7H,8-9H2,(H,20,22). The zero-order valence-corrected chi connectivity index (χ0v) is 14.4. The molecule has 0 saturated carbocycles. The van der Waals surface area contributed by atoms with Gasteiger partial charge in [-0.1, -0.05) is 28.1 Å². The molecule has 1 N–H and O–H groups in total. The van der Waals surface area contributed by atoms with Gasteiger partial charge in [-0.25, -0.2) is 9.18 Å². The molecule has 0 atom stereocenters. The molecule has 25 heavy (non-hydrogen) atoms. The number of carbonyl (C=O) groups excluding carboxylic acids is 3. The predicted octanol–water partition coefficient (Wildman–Crippen LogP) is 2.73. The van der Waals surface area contributed by atoms with Gasteiger partial charge in [0.2, 0.25) is 5.91 Å². The quantitative estimate of drug-likeness (QED) is 0.795. The lowest BCUT2D eigenvalue weighted by molar-refractivity contribution is -0.124. The van der Waals surface area contributed by atoms with Crippen molar-refractivity contribution in [2.75, 3.05) is 23.4 Å². The van der Waals surface area contributed by atoms with E-state index in [1.807, 2.05) is 0 Å². The summed E-state index contributed by atoms with van der Waals surface area (Å²) in [6.45, 7) is -0.782. The van der Waals surface area contributed by atoms with Gasteiger partial charge in [-0.05, 0) is 30.3 Å². The van der Waals surface area contributed by atoms with E-state index in [1.165, 1.54) is 17.0 Å². The van der Waals surface area contributed by atoms with E-state index in [0.717, 1.165) is 6.07 Å². The SMILES string of the molecule is O=C1CN(C(=O)COC(=O)c2ccc(Br)cc2F)c2ccccc2N1. The maximum Gasteiger partial charge on any atom is 0.341 e. The Morgan fingerprint density at radius 3 is 2.76 bits per heavy atom. The van der Waals surface area contributed by atoms with Gasteiger partial charge >= 0.3 is 5.97 Å². The molecule has 128 valence electrons. The van der Waals surface area contributed by atoms with E-state index in [0.29, 0.717) is 15.8 Å². The van der Waals surface area contributed by atoms with Crippen LogP contribution in [0.2, 0.25) is 0 Å². The van der Waals surface area contributed by atoms with E-state index in [1.54, 1.807) is 24.3 Å². The van der Waals surface area contributed by atoms with Crippen LogP contribution in [0, 0.1) is 5.82 Å². The molecule has 8 heteroatoms. The summed E-state index contributed by atoms with van der Waals surface area (Å²) in [5.74, 6) is -2.63. The van der Waals surface area contributed by atoms with Gasteiger partial charge in [-0.15, -0.1) is 0 Å². The van der Waals surface area contributed by atoms with Gasteiger partial charge in [0.05, 0.1) is 16.9 Å². The van der Waals surface area contributed by atoms with Gasteiger partial charge < -0.3 is 10.1 Å². The molecule has 3 rings (SSSR count). The van der Waals surface area contributed by atoms with Crippen LogP contribution in [0.25, 0.3) is 0 Å². The molecule has 0 aromatic heterocycles. The van der Waals surface area contributed by atoms with Crippen LogP contribution in [-0.2, 0) is 14.3 Å². The summed E-state index contributed by atoms with van der Waals surface area (Å²) < 4.78 is 19.1. The highest BCUT2D eigenvalue weighted by molar-refractivity contribution is 9.10. The summed E-state index contributed by atoms with van der Waals surface area (Å²) in [7, 11) is 0. The van der Waals surface area contributed by atoms with Gasteiger partial charge in [0.1, 0.15) is 12.4 Å². The molecule has 1 aliphatic heterocycles. The Labute approximate surface area is 150 Å². The average Bonchev–Trinajstić information content (AvgIpc) is 2.58. The van der Waals surface area contributed by atoms with Crippen molar-refractivity contribution in [2.24, 2.45) is 0 Å². The number of ether oxygens (including phenoxy) is 1. The van der Waals surface area contributed by atoms with Crippen LogP contribution in [0.4, 0.5) is 15.8 Å². The molecule has 0 saturated heterocycles. The number of nitrogens with one attached hydrogen (secondary N) is 1. The fourth-order valence-electron chi connectivity index (χ4n) is 2.39. The van der Waals surface area contributed by atoms with Crippen LogP contribution in [-0.4, -0.2) is 30.9 Å². The number of hydrogen-bond donors (Lipinski definition) is 1. The Morgan fingerprint density at radius 2 is 2.00 bits per heavy atom. The molecule has 6 nitrogen and oxygen atoms in total. The highest BCUT2D eigenvalue weighted by Crippen LogP contribution is 2.28. The van der Waals surface area contributed by atoms with Crippen molar-refractivity contribution in [3.8, 4) is 0 Å².